The monoisotopic (exact) mass is 513 g/mol. The van der Waals surface area contributed by atoms with Gasteiger partial charge in [0.2, 0.25) is 11.0 Å². The molecule has 2 aromatic carbocycles. The maximum absolute atomic E-state index is 13.2. The second-order valence-corrected chi connectivity index (χ2v) is 9.32. The van der Waals surface area contributed by atoms with E-state index in [4.69, 9.17) is 9.47 Å². The van der Waals surface area contributed by atoms with Gasteiger partial charge in [0.05, 0.1) is 13.7 Å². The first-order chi connectivity index (χ1) is 17.6. The Morgan fingerprint density at radius 3 is 2.42 bits per heavy atom. The van der Waals surface area contributed by atoms with E-state index in [1.807, 2.05) is 17.0 Å². The van der Waals surface area contributed by atoms with Crippen molar-refractivity contribution in [1.82, 2.24) is 14.3 Å². The van der Waals surface area contributed by atoms with Gasteiger partial charge < -0.3 is 24.2 Å². The first-order valence-electron chi connectivity index (χ1n) is 12.0. The van der Waals surface area contributed by atoms with Gasteiger partial charge in [-0.3, -0.25) is 4.79 Å². The van der Waals surface area contributed by atoms with Crippen LogP contribution in [0.1, 0.15) is 17.8 Å². The largest absolute Gasteiger partial charge is 0.497 e. The van der Waals surface area contributed by atoms with Crippen LogP contribution in [-0.4, -0.2) is 80.3 Å². The lowest BCUT2D eigenvalue weighted by Crippen LogP contribution is -2.49. The molecule has 1 fully saturated rings. The van der Waals surface area contributed by atoms with Crippen LogP contribution in [0.15, 0.2) is 48.5 Å². The summed E-state index contributed by atoms with van der Waals surface area (Å²) < 4.78 is 28.2. The van der Waals surface area contributed by atoms with E-state index in [0.29, 0.717) is 51.5 Å². The van der Waals surface area contributed by atoms with Crippen LogP contribution in [0.4, 0.5) is 15.2 Å². The molecule has 192 valence electrons. The first-order valence-corrected chi connectivity index (χ1v) is 12.8. The quantitative estimate of drug-likeness (QED) is 0.389. The summed E-state index contributed by atoms with van der Waals surface area (Å²) in [7, 11) is 3.32. The molecule has 0 spiro atoms. The molecule has 2 heterocycles. The van der Waals surface area contributed by atoms with Gasteiger partial charge >= 0.3 is 0 Å². The third-order valence-electron chi connectivity index (χ3n) is 6.23. The second kappa shape index (κ2) is 12.6. The van der Waals surface area contributed by atoms with Crippen LogP contribution in [0.5, 0.6) is 5.75 Å². The molecule has 0 saturated carbocycles. The molecule has 0 atom stereocenters. The van der Waals surface area contributed by atoms with E-state index in [0.717, 1.165) is 35.2 Å². The highest BCUT2D eigenvalue weighted by atomic mass is 32.1. The van der Waals surface area contributed by atoms with Crippen molar-refractivity contribution in [2.24, 2.45) is 0 Å². The predicted octanol–water partition coefficient (Wildman–Crippen LogP) is 3.47. The highest BCUT2D eigenvalue weighted by molar-refractivity contribution is 7.09. The lowest BCUT2D eigenvalue weighted by molar-refractivity contribution is -0.131. The topological polar surface area (TPSA) is 71.0 Å². The zero-order valence-electron chi connectivity index (χ0n) is 20.7. The molecule has 0 radical (unpaired) electrons. The van der Waals surface area contributed by atoms with Crippen LogP contribution in [0.25, 0.3) is 0 Å². The minimum absolute atomic E-state index is 0.142. The number of nitrogens with zero attached hydrogens (tertiary/aromatic N) is 5. The van der Waals surface area contributed by atoms with Crippen LogP contribution >= 0.6 is 11.5 Å². The van der Waals surface area contributed by atoms with Crippen molar-refractivity contribution in [3.63, 3.8) is 0 Å². The Morgan fingerprint density at radius 1 is 1.03 bits per heavy atom. The molecule has 3 aromatic rings. The lowest BCUT2D eigenvalue weighted by atomic mass is 10.1. The number of hydrogen-bond acceptors (Lipinski definition) is 8. The van der Waals surface area contributed by atoms with Crippen LogP contribution in [0.2, 0.25) is 0 Å². The molecule has 0 unspecified atom stereocenters. The van der Waals surface area contributed by atoms with Gasteiger partial charge in [-0.1, -0.05) is 12.1 Å². The number of hydrogen-bond donors (Lipinski definition) is 0. The highest BCUT2D eigenvalue weighted by Gasteiger charge is 2.22. The van der Waals surface area contributed by atoms with Crippen LogP contribution in [-0.2, 0) is 16.0 Å². The molecular weight excluding hydrogens is 481 g/mol. The molecule has 8 nitrogen and oxygen atoms in total. The van der Waals surface area contributed by atoms with Crippen molar-refractivity contribution >= 4 is 28.3 Å². The van der Waals surface area contributed by atoms with E-state index in [1.54, 1.807) is 26.4 Å². The predicted molar refractivity (Wildman–Crippen MR) is 140 cm³/mol. The van der Waals surface area contributed by atoms with Gasteiger partial charge in [-0.25, -0.2) is 9.37 Å². The Kier molecular flexibility index (Phi) is 9.07. The minimum Gasteiger partial charge on any atom is -0.497 e. The number of anilines is 2. The summed E-state index contributed by atoms with van der Waals surface area (Å²) in [5, 5.41) is 0.765. The van der Waals surface area contributed by atoms with Gasteiger partial charge in [-0.05, 0) is 42.0 Å². The summed E-state index contributed by atoms with van der Waals surface area (Å²) in [5.74, 6) is 1.40. The van der Waals surface area contributed by atoms with Gasteiger partial charge in [0, 0.05) is 76.4 Å². The fourth-order valence-electron chi connectivity index (χ4n) is 4.13. The van der Waals surface area contributed by atoms with Crippen molar-refractivity contribution in [3.8, 4) is 5.75 Å². The summed E-state index contributed by atoms with van der Waals surface area (Å²) in [6, 6.07) is 14.4. The normalized spacial score (nSPS) is 13.6. The number of piperazine rings is 1. The summed E-state index contributed by atoms with van der Waals surface area (Å²) in [6.07, 6.45) is 0.936. The maximum Gasteiger partial charge on any atom is 0.224 e. The average molecular weight is 514 g/mol. The third-order valence-corrected chi connectivity index (χ3v) is 7.05. The van der Waals surface area contributed by atoms with Crippen molar-refractivity contribution < 1.29 is 18.7 Å². The smallest absolute Gasteiger partial charge is 0.224 e. The highest BCUT2D eigenvalue weighted by Crippen LogP contribution is 2.22. The summed E-state index contributed by atoms with van der Waals surface area (Å²) >= 11 is 1.31. The Morgan fingerprint density at radius 2 is 1.75 bits per heavy atom. The number of aromatic nitrogens is 2. The summed E-state index contributed by atoms with van der Waals surface area (Å²) in [4.78, 5) is 23.9. The molecule has 10 heteroatoms. The van der Waals surface area contributed by atoms with E-state index in [2.05, 4.69) is 31.3 Å². The van der Waals surface area contributed by atoms with Crippen molar-refractivity contribution in [3.05, 3.63) is 65.7 Å². The van der Waals surface area contributed by atoms with E-state index >= 15 is 0 Å². The molecule has 4 rings (SSSR count). The van der Waals surface area contributed by atoms with E-state index in [1.165, 1.54) is 23.7 Å². The number of benzene rings is 2. The number of methoxy groups -OCH3 is 2. The molecule has 1 aliphatic heterocycles. The molecule has 0 N–H and O–H groups in total. The Bertz CT molecular complexity index is 1100. The van der Waals surface area contributed by atoms with Gasteiger partial charge in [-0.15, -0.1) is 0 Å². The van der Waals surface area contributed by atoms with Crippen molar-refractivity contribution in [2.45, 2.75) is 12.8 Å². The number of amides is 1. The Hall–Kier alpha value is -3.24. The average Bonchev–Trinajstić information content (AvgIpc) is 3.38. The second-order valence-electron chi connectivity index (χ2n) is 8.59. The van der Waals surface area contributed by atoms with E-state index in [-0.39, 0.29) is 11.7 Å². The Labute approximate surface area is 215 Å². The van der Waals surface area contributed by atoms with Gasteiger partial charge in [-0.2, -0.15) is 4.37 Å². The Balaban J connectivity index is 1.29. The molecule has 1 saturated heterocycles. The standard InChI is InChI=1S/C26H32FN5O3S/c1-34-18-17-32(26-28-24(29-36-26)19-20-3-5-21(27)6-4-20)12-11-25(33)31-15-13-30(14-16-31)22-7-9-23(35-2)10-8-22/h3-10H,11-19H2,1-2H3. The number of carbonyl (C=O) groups is 1. The number of rotatable bonds is 11. The van der Waals surface area contributed by atoms with E-state index in [9.17, 15) is 9.18 Å². The van der Waals surface area contributed by atoms with Crippen LogP contribution in [0, 0.1) is 5.82 Å². The molecule has 1 amide bonds. The van der Waals surface area contributed by atoms with Gasteiger partial charge in [0.1, 0.15) is 17.4 Å². The molecule has 0 bridgehead atoms. The zero-order valence-corrected chi connectivity index (χ0v) is 21.5. The molecule has 36 heavy (non-hydrogen) atoms. The number of halogens is 1. The van der Waals surface area contributed by atoms with E-state index < -0.39 is 0 Å². The first kappa shape index (κ1) is 25.8. The molecule has 0 aliphatic carbocycles. The number of carbonyl (C=O) groups excluding carboxylic acids is 1. The fraction of sp³-hybridized carbons (Fsp3) is 0.423. The van der Waals surface area contributed by atoms with Crippen LogP contribution in [0.3, 0.4) is 0 Å². The van der Waals surface area contributed by atoms with Crippen molar-refractivity contribution in [2.75, 3.05) is 69.9 Å². The van der Waals surface area contributed by atoms with Gasteiger partial charge in [0.25, 0.3) is 0 Å². The maximum atomic E-state index is 13.2. The molecule has 1 aliphatic rings. The lowest BCUT2D eigenvalue weighted by Gasteiger charge is -2.36. The zero-order chi connectivity index (χ0) is 25.3. The van der Waals surface area contributed by atoms with Crippen molar-refractivity contribution in [1.29, 1.82) is 0 Å². The SMILES string of the molecule is COCCN(CCC(=O)N1CCN(c2ccc(OC)cc2)CC1)c1nc(Cc2ccc(F)cc2)ns1. The fourth-order valence-corrected chi connectivity index (χ4v) is 4.87. The van der Waals surface area contributed by atoms with Crippen LogP contribution < -0.4 is 14.5 Å². The van der Waals surface area contributed by atoms with Gasteiger partial charge in [0.15, 0.2) is 0 Å². The number of ether oxygens (including phenoxy) is 2. The molecule has 1 aromatic heterocycles. The minimum atomic E-state index is -0.261. The summed E-state index contributed by atoms with van der Waals surface area (Å²) in [5.41, 5.74) is 2.09. The molecular formula is C26H32FN5O3S. The summed E-state index contributed by atoms with van der Waals surface area (Å²) in [6.45, 7) is 4.70. The third kappa shape index (κ3) is 6.92.